The smallest absolute Gasteiger partial charge is 0.225 e. The van der Waals surface area contributed by atoms with E-state index in [4.69, 9.17) is 0 Å². The minimum absolute atomic E-state index is 0.0949. The van der Waals surface area contributed by atoms with Crippen molar-refractivity contribution in [3.63, 3.8) is 0 Å². The van der Waals surface area contributed by atoms with E-state index in [0.717, 1.165) is 49.7 Å². The van der Waals surface area contributed by atoms with Crippen LogP contribution in [0.5, 0.6) is 0 Å². The van der Waals surface area contributed by atoms with E-state index in [0.29, 0.717) is 13.1 Å². The van der Waals surface area contributed by atoms with Crippen LogP contribution in [0.4, 0.5) is 5.13 Å². The standard InChI is InChI=1S/C15H24N4O2S/c1-12-16-14(22-17-12)19-9-7-18(8-10-19)13(20)11-15(21)5-3-2-4-6-15/h21H,2-11H2,1H3. The lowest BCUT2D eigenvalue weighted by Gasteiger charge is -2.37. The molecule has 1 N–H and O–H groups in total. The van der Waals surface area contributed by atoms with Gasteiger partial charge in [-0.1, -0.05) is 19.3 Å². The Balaban J connectivity index is 1.51. The quantitative estimate of drug-likeness (QED) is 0.914. The van der Waals surface area contributed by atoms with Crippen LogP contribution in [-0.4, -0.2) is 57.1 Å². The number of aryl methyl sites for hydroxylation is 1. The van der Waals surface area contributed by atoms with Crippen molar-refractivity contribution < 1.29 is 9.90 Å². The molecule has 0 spiro atoms. The summed E-state index contributed by atoms with van der Waals surface area (Å²) in [6.07, 6.45) is 5.06. The molecular formula is C15H24N4O2S. The lowest BCUT2D eigenvalue weighted by Crippen LogP contribution is -2.50. The summed E-state index contributed by atoms with van der Waals surface area (Å²) in [5, 5.41) is 11.5. The van der Waals surface area contributed by atoms with E-state index in [9.17, 15) is 9.90 Å². The number of amides is 1. The van der Waals surface area contributed by atoms with Gasteiger partial charge in [-0.15, -0.1) is 0 Å². The number of rotatable bonds is 3. The van der Waals surface area contributed by atoms with Gasteiger partial charge in [-0.25, -0.2) is 4.98 Å². The highest BCUT2D eigenvalue weighted by molar-refractivity contribution is 7.09. The zero-order valence-electron chi connectivity index (χ0n) is 13.1. The number of nitrogens with zero attached hydrogens (tertiary/aromatic N) is 4. The van der Waals surface area contributed by atoms with E-state index < -0.39 is 5.60 Å². The average Bonchev–Trinajstić information content (AvgIpc) is 2.94. The van der Waals surface area contributed by atoms with Gasteiger partial charge in [0.15, 0.2) is 0 Å². The number of aliphatic hydroxyl groups is 1. The van der Waals surface area contributed by atoms with E-state index in [1.165, 1.54) is 18.0 Å². The molecule has 2 fully saturated rings. The number of hydrogen-bond acceptors (Lipinski definition) is 6. The fraction of sp³-hybridized carbons (Fsp3) is 0.800. The third-order valence-corrected chi connectivity index (χ3v) is 5.55. The normalized spacial score (nSPS) is 21.9. The molecule has 0 aromatic carbocycles. The SMILES string of the molecule is Cc1nsc(N2CCN(C(=O)CC3(O)CCCCC3)CC2)n1. The van der Waals surface area contributed by atoms with Gasteiger partial charge in [-0.2, -0.15) is 4.37 Å². The van der Waals surface area contributed by atoms with Crippen molar-refractivity contribution in [3.8, 4) is 0 Å². The van der Waals surface area contributed by atoms with Gasteiger partial charge in [0.2, 0.25) is 11.0 Å². The number of piperazine rings is 1. The van der Waals surface area contributed by atoms with E-state index in [1.54, 1.807) is 0 Å². The third-order valence-electron chi connectivity index (χ3n) is 4.68. The second kappa shape index (κ2) is 6.50. The number of carbonyl (C=O) groups excluding carboxylic acids is 1. The Morgan fingerprint density at radius 3 is 2.50 bits per heavy atom. The summed E-state index contributed by atoms with van der Waals surface area (Å²) in [5.74, 6) is 0.899. The summed E-state index contributed by atoms with van der Waals surface area (Å²) in [6.45, 7) is 4.88. The molecule has 3 rings (SSSR count). The summed E-state index contributed by atoms with van der Waals surface area (Å²) in [5.41, 5.74) is -0.761. The fourth-order valence-electron chi connectivity index (χ4n) is 3.34. The molecular weight excluding hydrogens is 300 g/mol. The fourth-order valence-corrected chi connectivity index (χ4v) is 4.07. The second-order valence-corrected chi connectivity index (χ2v) is 7.18. The van der Waals surface area contributed by atoms with Crippen LogP contribution in [0.2, 0.25) is 0 Å². The first kappa shape index (κ1) is 15.7. The van der Waals surface area contributed by atoms with E-state index in [1.807, 2.05) is 11.8 Å². The van der Waals surface area contributed by atoms with Crippen LogP contribution in [0.3, 0.4) is 0 Å². The van der Waals surface area contributed by atoms with Gasteiger partial charge >= 0.3 is 0 Å². The van der Waals surface area contributed by atoms with Gasteiger partial charge in [-0.05, 0) is 19.8 Å². The van der Waals surface area contributed by atoms with Gasteiger partial charge in [0.1, 0.15) is 5.82 Å². The Morgan fingerprint density at radius 2 is 1.91 bits per heavy atom. The summed E-state index contributed by atoms with van der Waals surface area (Å²) >= 11 is 1.41. The minimum atomic E-state index is -0.761. The predicted molar refractivity (Wildman–Crippen MR) is 86.1 cm³/mol. The summed E-state index contributed by atoms with van der Waals surface area (Å²) in [6, 6.07) is 0. The summed E-state index contributed by atoms with van der Waals surface area (Å²) < 4.78 is 4.21. The van der Waals surface area contributed by atoms with Gasteiger partial charge in [-0.3, -0.25) is 4.79 Å². The zero-order valence-corrected chi connectivity index (χ0v) is 13.9. The minimum Gasteiger partial charge on any atom is -0.389 e. The molecule has 0 bridgehead atoms. The Labute approximate surface area is 135 Å². The largest absolute Gasteiger partial charge is 0.389 e. The molecule has 22 heavy (non-hydrogen) atoms. The van der Waals surface area contributed by atoms with E-state index >= 15 is 0 Å². The summed E-state index contributed by atoms with van der Waals surface area (Å²) in [4.78, 5) is 20.9. The maximum Gasteiger partial charge on any atom is 0.225 e. The second-order valence-electron chi connectivity index (χ2n) is 6.45. The number of hydrogen-bond donors (Lipinski definition) is 1. The molecule has 2 aliphatic rings. The Hall–Kier alpha value is -1.21. The van der Waals surface area contributed by atoms with E-state index in [2.05, 4.69) is 14.3 Å². The highest BCUT2D eigenvalue weighted by atomic mass is 32.1. The van der Waals surface area contributed by atoms with Gasteiger partial charge < -0.3 is 14.9 Å². The molecule has 1 saturated carbocycles. The Bertz CT molecular complexity index is 519. The van der Waals surface area contributed by atoms with Gasteiger partial charge in [0.05, 0.1) is 12.0 Å². The molecule has 0 radical (unpaired) electrons. The molecule has 1 aromatic rings. The average molecular weight is 324 g/mol. The molecule has 1 amide bonds. The lowest BCUT2D eigenvalue weighted by atomic mass is 9.82. The van der Waals surface area contributed by atoms with Crippen molar-refractivity contribution in [1.29, 1.82) is 0 Å². The number of aromatic nitrogens is 2. The van der Waals surface area contributed by atoms with Crippen LogP contribution in [0.1, 0.15) is 44.3 Å². The predicted octanol–water partition coefficient (Wildman–Crippen LogP) is 1.58. The van der Waals surface area contributed by atoms with Gasteiger partial charge in [0.25, 0.3) is 0 Å². The maximum absolute atomic E-state index is 12.4. The van der Waals surface area contributed by atoms with Crippen LogP contribution < -0.4 is 4.90 Å². The topological polar surface area (TPSA) is 69.6 Å². The Kier molecular flexibility index (Phi) is 4.63. The number of anilines is 1. The van der Waals surface area contributed by atoms with Crippen LogP contribution in [0.15, 0.2) is 0 Å². The molecule has 1 saturated heterocycles. The first-order valence-electron chi connectivity index (χ1n) is 8.11. The first-order chi connectivity index (χ1) is 10.6. The maximum atomic E-state index is 12.4. The molecule has 7 heteroatoms. The molecule has 2 heterocycles. The highest BCUT2D eigenvalue weighted by Gasteiger charge is 2.34. The van der Waals surface area contributed by atoms with Crippen LogP contribution in [0.25, 0.3) is 0 Å². The van der Waals surface area contributed by atoms with Crippen LogP contribution in [0, 0.1) is 6.92 Å². The van der Waals surface area contributed by atoms with Crippen LogP contribution in [-0.2, 0) is 4.79 Å². The molecule has 6 nitrogen and oxygen atoms in total. The Morgan fingerprint density at radius 1 is 1.23 bits per heavy atom. The van der Waals surface area contributed by atoms with Crippen molar-refractivity contribution in [2.45, 2.75) is 51.0 Å². The summed E-state index contributed by atoms with van der Waals surface area (Å²) in [7, 11) is 0. The molecule has 0 unspecified atom stereocenters. The van der Waals surface area contributed by atoms with Crippen LogP contribution >= 0.6 is 11.5 Å². The van der Waals surface area contributed by atoms with Crippen molar-refractivity contribution >= 4 is 22.6 Å². The molecule has 1 aromatic heterocycles. The molecule has 0 atom stereocenters. The molecule has 122 valence electrons. The lowest BCUT2D eigenvalue weighted by molar-refractivity contribution is -0.138. The van der Waals surface area contributed by atoms with Crippen molar-refractivity contribution in [2.24, 2.45) is 0 Å². The third kappa shape index (κ3) is 3.57. The molecule has 1 aliphatic carbocycles. The van der Waals surface area contributed by atoms with Crippen molar-refractivity contribution in [2.75, 3.05) is 31.1 Å². The van der Waals surface area contributed by atoms with Crippen molar-refractivity contribution in [3.05, 3.63) is 5.82 Å². The highest BCUT2D eigenvalue weighted by Crippen LogP contribution is 2.31. The molecule has 1 aliphatic heterocycles. The van der Waals surface area contributed by atoms with Gasteiger partial charge in [0, 0.05) is 37.7 Å². The first-order valence-corrected chi connectivity index (χ1v) is 8.88. The number of carbonyl (C=O) groups is 1. The monoisotopic (exact) mass is 324 g/mol. The zero-order chi connectivity index (χ0) is 15.6. The van der Waals surface area contributed by atoms with E-state index in [-0.39, 0.29) is 12.3 Å². The van der Waals surface area contributed by atoms with Crippen molar-refractivity contribution in [1.82, 2.24) is 14.3 Å².